The third-order valence-corrected chi connectivity index (χ3v) is 6.21. The van der Waals surface area contributed by atoms with Gasteiger partial charge in [0.15, 0.2) is 0 Å². The van der Waals surface area contributed by atoms with E-state index in [0.29, 0.717) is 28.3 Å². The Kier molecular flexibility index (Phi) is 6.85. The Morgan fingerprint density at radius 3 is 2.24 bits per heavy atom. The van der Waals surface area contributed by atoms with Crippen molar-refractivity contribution in [2.45, 2.75) is 39.2 Å². The Balaban J connectivity index is 1.89. The predicted molar refractivity (Wildman–Crippen MR) is 141 cm³/mol. The molecule has 0 aliphatic carbocycles. The number of ether oxygens (including phenoxy) is 1. The first-order chi connectivity index (χ1) is 17.5. The highest BCUT2D eigenvalue weighted by molar-refractivity contribution is 6.51. The lowest BCUT2D eigenvalue weighted by Gasteiger charge is -2.26. The van der Waals surface area contributed by atoms with Crippen molar-refractivity contribution in [3.05, 3.63) is 89.3 Å². The average molecular weight is 500 g/mol. The average Bonchev–Trinajstić information content (AvgIpc) is 3.13. The molecule has 1 aliphatic rings. The number of Topliss-reactive ketones (excluding diaryl/α,β-unsaturated/α-hetero) is 1. The van der Waals surface area contributed by atoms with E-state index < -0.39 is 17.7 Å². The molecule has 1 aromatic heterocycles. The number of aromatic nitrogens is 1. The Labute approximate surface area is 215 Å². The number of amides is 2. The van der Waals surface area contributed by atoms with Crippen LogP contribution in [0.3, 0.4) is 0 Å². The zero-order chi connectivity index (χ0) is 26.9. The van der Waals surface area contributed by atoms with E-state index in [2.05, 4.69) is 10.3 Å². The quantitative estimate of drug-likeness (QED) is 0.291. The molecule has 1 saturated heterocycles. The number of hydrogen-bond acceptors (Lipinski definition) is 6. The Morgan fingerprint density at radius 1 is 1.03 bits per heavy atom. The number of methoxy groups -OCH3 is 1. The maximum Gasteiger partial charge on any atom is 0.300 e. The summed E-state index contributed by atoms with van der Waals surface area (Å²) < 4.78 is 5.51. The summed E-state index contributed by atoms with van der Waals surface area (Å²) in [6.07, 6.45) is 3.14. The fraction of sp³-hybridized carbons (Fsp3) is 0.241. The topological polar surface area (TPSA) is 109 Å². The van der Waals surface area contributed by atoms with E-state index in [1.54, 1.807) is 74.1 Å². The van der Waals surface area contributed by atoms with Crippen LogP contribution in [-0.2, 0) is 19.8 Å². The normalized spacial score (nSPS) is 17.1. The molecule has 1 fully saturated rings. The SMILES string of the molecule is COc1ccc(/C(O)=C2/C(=O)C(=O)N(c3ccc(NC(C)=O)cc3)C2c2ccncc2)cc1C(C)(C)C. The number of rotatable bonds is 5. The minimum absolute atomic E-state index is 0.0211. The van der Waals surface area contributed by atoms with Crippen LogP contribution in [0, 0.1) is 0 Å². The second-order valence-electron chi connectivity index (χ2n) is 9.84. The van der Waals surface area contributed by atoms with E-state index in [0.717, 1.165) is 5.56 Å². The molecular formula is C29H29N3O5. The molecule has 1 unspecified atom stereocenters. The molecule has 4 rings (SSSR count). The van der Waals surface area contributed by atoms with Gasteiger partial charge in [-0.2, -0.15) is 0 Å². The highest BCUT2D eigenvalue weighted by atomic mass is 16.5. The lowest BCUT2D eigenvalue weighted by molar-refractivity contribution is -0.132. The van der Waals surface area contributed by atoms with E-state index in [1.165, 1.54) is 11.8 Å². The van der Waals surface area contributed by atoms with E-state index in [9.17, 15) is 19.5 Å². The monoisotopic (exact) mass is 499 g/mol. The summed E-state index contributed by atoms with van der Waals surface area (Å²) in [7, 11) is 1.58. The minimum atomic E-state index is -0.880. The Bertz CT molecular complexity index is 1390. The van der Waals surface area contributed by atoms with Crippen LogP contribution in [-0.4, -0.2) is 34.8 Å². The highest BCUT2D eigenvalue weighted by Crippen LogP contribution is 2.43. The molecule has 190 valence electrons. The molecule has 37 heavy (non-hydrogen) atoms. The second kappa shape index (κ2) is 9.89. The van der Waals surface area contributed by atoms with Gasteiger partial charge in [-0.15, -0.1) is 0 Å². The van der Waals surface area contributed by atoms with Crippen LogP contribution in [0.4, 0.5) is 11.4 Å². The van der Waals surface area contributed by atoms with Gasteiger partial charge in [-0.25, -0.2) is 0 Å². The molecule has 2 heterocycles. The summed E-state index contributed by atoms with van der Waals surface area (Å²) in [5, 5.41) is 14.2. The van der Waals surface area contributed by atoms with Crippen LogP contribution in [0.25, 0.3) is 5.76 Å². The number of hydrogen-bond donors (Lipinski definition) is 2. The summed E-state index contributed by atoms with van der Waals surface area (Å²) >= 11 is 0. The summed E-state index contributed by atoms with van der Waals surface area (Å²) in [6, 6.07) is 14.3. The minimum Gasteiger partial charge on any atom is -0.507 e. The van der Waals surface area contributed by atoms with Crippen LogP contribution in [0.1, 0.15) is 50.4 Å². The second-order valence-corrected chi connectivity index (χ2v) is 9.84. The number of anilines is 2. The van der Waals surface area contributed by atoms with Crippen molar-refractivity contribution in [2.75, 3.05) is 17.3 Å². The van der Waals surface area contributed by atoms with Crippen molar-refractivity contribution in [1.82, 2.24) is 4.98 Å². The standard InChI is InChI=1S/C29H29N3O5/c1-17(33)31-20-7-9-21(10-8-20)32-25(18-12-14-30-15-13-18)24(27(35)28(32)36)26(34)19-6-11-23(37-5)22(16-19)29(2,3)4/h6-16,25,34H,1-5H3,(H,31,33)/b26-24-. The van der Waals surface area contributed by atoms with Gasteiger partial charge in [0.2, 0.25) is 5.91 Å². The van der Waals surface area contributed by atoms with Crippen molar-refractivity contribution in [3.8, 4) is 5.75 Å². The molecule has 2 aromatic carbocycles. The van der Waals surface area contributed by atoms with Crippen molar-refractivity contribution in [1.29, 1.82) is 0 Å². The number of ketones is 1. The van der Waals surface area contributed by atoms with E-state index in [-0.39, 0.29) is 22.7 Å². The number of nitrogens with one attached hydrogen (secondary N) is 1. The molecule has 0 spiro atoms. The first kappa shape index (κ1) is 25.6. The number of nitrogens with zero attached hydrogens (tertiary/aromatic N) is 2. The molecule has 1 atom stereocenters. The molecule has 0 saturated carbocycles. The van der Waals surface area contributed by atoms with Gasteiger partial charge in [0, 0.05) is 41.8 Å². The fourth-order valence-corrected chi connectivity index (χ4v) is 4.47. The van der Waals surface area contributed by atoms with Crippen LogP contribution < -0.4 is 15.0 Å². The molecule has 0 radical (unpaired) electrons. The third kappa shape index (κ3) is 4.95. The first-order valence-corrected chi connectivity index (χ1v) is 11.8. The number of benzene rings is 2. The van der Waals surface area contributed by atoms with Gasteiger partial charge in [-0.3, -0.25) is 24.3 Å². The summed E-state index contributed by atoms with van der Waals surface area (Å²) in [5.74, 6) is -1.39. The number of aliphatic hydroxyl groups is 1. The summed E-state index contributed by atoms with van der Waals surface area (Å²) in [6.45, 7) is 7.47. The molecule has 1 aliphatic heterocycles. The molecular weight excluding hydrogens is 470 g/mol. The van der Waals surface area contributed by atoms with Gasteiger partial charge >= 0.3 is 0 Å². The molecule has 2 N–H and O–H groups in total. The van der Waals surface area contributed by atoms with Gasteiger partial charge in [0.25, 0.3) is 11.7 Å². The lowest BCUT2D eigenvalue weighted by Crippen LogP contribution is -2.29. The smallest absolute Gasteiger partial charge is 0.300 e. The van der Waals surface area contributed by atoms with E-state index in [1.807, 2.05) is 20.8 Å². The Hall–Kier alpha value is -4.46. The van der Waals surface area contributed by atoms with Gasteiger partial charge in [0.1, 0.15) is 11.5 Å². The number of carbonyl (C=O) groups excluding carboxylic acids is 3. The zero-order valence-electron chi connectivity index (χ0n) is 21.4. The first-order valence-electron chi connectivity index (χ1n) is 11.8. The largest absolute Gasteiger partial charge is 0.507 e. The lowest BCUT2D eigenvalue weighted by atomic mass is 9.84. The van der Waals surface area contributed by atoms with E-state index >= 15 is 0 Å². The molecule has 8 heteroatoms. The van der Waals surface area contributed by atoms with Crippen LogP contribution in [0.5, 0.6) is 5.75 Å². The van der Waals surface area contributed by atoms with Gasteiger partial charge in [0.05, 0.1) is 18.7 Å². The van der Waals surface area contributed by atoms with E-state index in [4.69, 9.17) is 4.74 Å². The molecule has 2 amide bonds. The number of aliphatic hydroxyl groups excluding tert-OH is 1. The maximum atomic E-state index is 13.4. The van der Waals surface area contributed by atoms with Crippen molar-refractivity contribution in [2.24, 2.45) is 0 Å². The van der Waals surface area contributed by atoms with Crippen molar-refractivity contribution < 1.29 is 24.2 Å². The molecule has 8 nitrogen and oxygen atoms in total. The van der Waals surface area contributed by atoms with Crippen LogP contribution >= 0.6 is 0 Å². The van der Waals surface area contributed by atoms with Crippen LogP contribution in [0.15, 0.2) is 72.6 Å². The molecule has 3 aromatic rings. The summed E-state index contributed by atoms with van der Waals surface area (Å²) in [5.41, 5.74) is 2.56. The van der Waals surface area contributed by atoms with Gasteiger partial charge < -0.3 is 15.2 Å². The highest BCUT2D eigenvalue weighted by Gasteiger charge is 2.47. The number of pyridine rings is 1. The van der Waals surface area contributed by atoms with Gasteiger partial charge in [-0.1, -0.05) is 20.8 Å². The van der Waals surface area contributed by atoms with Crippen LogP contribution in [0.2, 0.25) is 0 Å². The maximum absolute atomic E-state index is 13.4. The fourth-order valence-electron chi connectivity index (χ4n) is 4.47. The summed E-state index contributed by atoms with van der Waals surface area (Å²) in [4.78, 5) is 43.6. The van der Waals surface area contributed by atoms with Gasteiger partial charge in [-0.05, 0) is 65.6 Å². The number of carbonyl (C=O) groups is 3. The third-order valence-electron chi connectivity index (χ3n) is 6.21. The Morgan fingerprint density at radius 2 is 1.68 bits per heavy atom. The predicted octanol–water partition coefficient (Wildman–Crippen LogP) is 4.97. The zero-order valence-corrected chi connectivity index (χ0v) is 21.4. The van der Waals surface area contributed by atoms with Crippen molar-refractivity contribution in [3.63, 3.8) is 0 Å². The molecule has 0 bridgehead atoms. The van der Waals surface area contributed by atoms with Crippen molar-refractivity contribution >= 4 is 34.7 Å².